The summed E-state index contributed by atoms with van der Waals surface area (Å²) in [6.07, 6.45) is 9.65. The second kappa shape index (κ2) is 5.64. The molecule has 3 aliphatic rings. The molecule has 4 N–H and O–H groups in total. The highest BCUT2D eigenvalue weighted by molar-refractivity contribution is 5.80. The fraction of sp³-hybridized carbons (Fsp3) is 0.938. The van der Waals surface area contributed by atoms with E-state index in [1.165, 1.54) is 19.3 Å². The van der Waals surface area contributed by atoms with E-state index in [2.05, 4.69) is 5.32 Å². The van der Waals surface area contributed by atoms with Crippen LogP contribution in [0.3, 0.4) is 0 Å². The largest absolute Gasteiger partial charge is 0.388 e. The summed E-state index contributed by atoms with van der Waals surface area (Å²) in [5.74, 6) is 1.11. The first kappa shape index (κ1) is 14.3. The Labute approximate surface area is 121 Å². The third kappa shape index (κ3) is 2.73. The zero-order valence-corrected chi connectivity index (χ0v) is 12.3. The minimum Gasteiger partial charge on any atom is -0.388 e. The average molecular weight is 280 g/mol. The molecule has 4 heteroatoms. The molecule has 0 heterocycles. The van der Waals surface area contributed by atoms with E-state index in [0.717, 1.165) is 38.5 Å². The van der Waals surface area contributed by atoms with E-state index in [1.807, 2.05) is 0 Å². The van der Waals surface area contributed by atoms with Gasteiger partial charge >= 0.3 is 0 Å². The van der Waals surface area contributed by atoms with Crippen molar-refractivity contribution in [2.75, 3.05) is 6.54 Å². The molecule has 0 aromatic carbocycles. The number of nitrogens with one attached hydrogen (secondary N) is 1. The van der Waals surface area contributed by atoms with Crippen LogP contribution in [0.5, 0.6) is 0 Å². The highest BCUT2D eigenvalue weighted by Crippen LogP contribution is 2.47. The van der Waals surface area contributed by atoms with Gasteiger partial charge in [0.25, 0.3) is 0 Å². The quantitative estimate of drug-likeness (QED) is 0.687. The van der Waals surface area contributed by atoms with Crippen molar-refractivity contribution in [1.82, 2.24) is 5.32 Å². The Balaban J connectivity index is 1.54. The molecule has 4 atom stereocenters. The monoisotopic (exact) mass is 280 g/mol. The predicted octanol–water partition coefficient (Wildman–Crippen LogP) is 1.56. The van der Waals surface area contributed by atoms with Crippen LogP contribution in [-0.2, 0) is 4.79 Å². The number of fused-ring (bicyclic) bond motifs is 2. The smallest absolute Gasteiger partial charge is 0.225 e. The molecule has 114 valence electrons. The summed E-state index contributed by atoms with van der Waals surface area (Å²) in [7, 11) is 0. The number of rotatable bonds is 3. The van der Waals surface area contributed by atoms with Crippen LogP contribution >= 0.6 is 0 Å². The second-order valence-electron chi connectivity index (χ2n) is 7.29. The zero-order chi connectivity index (χ0) is 14.2. The van der Waals surface area contributed by atoms with E-state index < -0.39 is 5.60 Å². The summed E-state index contributed by atoms with van der Waals surface area (Å²) in [5, 5.41) is 13.6. The topological polar surface area (TPSA) is 75.4 Å². The molecule has 1 amide bonds. The van der Waals surface area contributed by atoms with Crippen LogP contribution in [-0.4, -0.2) is 29.2 Å². The molecule has 3 aliphatic carbocycles. The molecule has 3 rings (SSSR count). The van der Waals surface area contributed by atoms with Gasteiger partial charge in [-0.05, 0) is 43.9 Å². The van der Waals surface area contributed by atoms with Crippen LogP contribution in [0.15, 0.2) is 0 Å². The molecule has 0 saturated heterocycles. The zero-order valence-electron chi connectivity index (χ0n) is 12.3. The third-order valence-electron chi connectivity index (χ3n) is 5.91. The number of amides is 1. The Morgan fingerprint density at radius 3 is 2.40 bits per heavy atom. The van der Waals surface area contributed by atoms with E-state index >= 15 is 0 Å². The first-order valence-corrected chi connectivity index (χ1v) is 8.35. The molecular weight excluding hydrogens is 252 g/mol. The molecule has 20 heavy (non-hydrogen) atoms. The Kier molecular flexibility index (Phi) is 4.04. The molecule has 0 radical (unpaired) electrons. The van der Waals surface area contributed by atoms with E-state index in [-0.39, 0.29) is 17.9 Å². The van der Waals surface area contributed by atoms with E-state index in [9.17, 15) is 9.90 Å². The van der Waals surface area contributed by atoms with Gasteiger partial charge in [0.2, 0.25) is 5.91 Å². The molecule has 3 saturated carbocycles. The highest BCUT2D eigenvalue weighted by atomic mass is 16.3. The number of carbonyl (C=O) groups excluding carboxylic acids is 1. The normalized spacial score (nSPS) is 39.5. The van der Waals surface area contributed by atoms with Gasteiger partial charge in [0, 0.05) is 12.6 Å². The number of nitrogens with two attached hydrogens (primary N) is 1. The van der Waals surface area contributed by atoms with Gasteiger partial charge in [-0.15, -0.1) is 0 Å². The third-order valence-corrected chi connectivity index (χ3v) is 5.91. The minimum atomic E-state index is -0.687. The summed E-state index contributed by atoms with van der Waals surface area (Å²) in [5.41, 5.74) is 5.52. The SMILES string of the molecule is NC1C2CCC(C2)C1C(=O)NCC1(O)CCCCCC1. The van der Waals surface area contributed by atoms with Gasteiger partial charge in [0.1, 0.15) is 0 Å². The van der Waals surface area contributed by atoms with Crippen LogP contribution in [0.25, 0.3) is 0 Å². The highest BCUT2D eigenvalue weighted by Gasteiger charge is 2.49. The van der Waals surface area contributed by atoms with Crippen LogP contribution in [0.1, 0.15) is 57.8 Å². The summed E-state index contributed by atoms with van der Waals surface area (Å²) < 4.78 is 0. The van der Waals surface area contributed by atoms with Crippen molar-refractivity contribution in [2.45, 2.75) is 69.4 Å². The van der Waals surface area contributed by atoms with Gasteiger partial charge in [-0.2, -0.15) is 0 Å². The Bertz CT molecular complexity index is 361. The first-order valence-electron chi connectivity index (χ1n) is 8.35. The maximum absolute atomic E-state index is 12.4. The molecular formula is C16H28N2O2. The maximum atomic E-state index is 12.4. The molecule has 0 aliphatic heterocycles. The van der Waals surface area contributed by atoms with E-state index in [1.54, 1.807) is 0 Å². The van der Waals surface area contributed by atoms with Gasteiger partial charge in [-0.25, -0.2) is 0 Å². The molecule has 0 aromatic rings. The molecule has 3 fully saturated rings. The van der Waals surface area contributed by atoms with Crippen molar-refractivity contribution in [3.63, 3.8) is 0 Å². The lowest BCUT2D eigenvalue weighted by atomic mass is 9.84. The second-order valence-corrected chi connectivity index (χ2v) is 7.29. The van der Waals surface area contributed by atoms with Crippen molar-refractivity contribution in [2.24, 2.45) is 23.5 Å². The van der Waals surface area contributed by atoms with Crippen molar-refractivity contribution in [3.05, 3.63) is 0 Å². The van der Waals surface area contributed by atoms with Crippen LogP contribution in [0.4, 0.5) is 0 Å². The Morgan fingerprint density at radius 1 is 1.15 bits per heavy atom. The van der Waals surface area contributed by atoms with E-state index in [0.29, 0.717) is 18.4 Å². The maximum Gasteiger partial charge on any atom is 0.225 e. The lowest BCUT2D eigenvalue weighted by Gasteiger charge is -2.30. The van der Waals surface area contributed by atoms with Gasteiger partial charge in [0.15, 0.2) is 0 Å². The summed E-state index contributed by atoms with van der Waals surface area (Å²) in [6.45, 7) is 0.409. The van der Waals surface area contributed by atoms with Crippen molar-refractivity contribution >= 4 is 5.91 Å². The fourth-order valence-electron chi connectivity index (χ4n) is 4.66. The first-order chi connectivity index (χ1) is 9.59. The van der Waals surface area contributed by atoms with Gasteiger partial charge < -0.3 is 16.2 Å². The number of hydrogen-bond donors (Lipinski definition) is 3. The Hall–Kier alpha value is -0.610. The van der Waals surface area contributed by atoms with Crippen LogP contribution in [0.2, 0.25) is 0 Å². The lowest BCUT2D eigenvalue weighted by Crippen LogP contribution is -2.49. The van der Waals surface area contributed by atoms with Crippen LogP contribution in [0, 0.1) is 17.8 Å². The van der Waals surface area contributed by atoms with Crippen molar-refractivity contribution in [3.8, 4) is 0 Å². The van der Waals surface area contributed by atoms with Crippen molar-refractivity contribution in [1.29, 1.82) is 0 Å². The molecule has 4 nitrogen and oxygen atoms in total. The molecule has 2 bridgehead atoms. The average Bonchev–Trinajstić information content (AvgIpc) is 2.94. The van der Waals surface area contributed by atoms with Gasteiger partial charge in [0.05, 0.1) is 11.5 Å². The minimum absolute atomic E-state index is 0.0110. The predicted molar refractivity (Wildman–Crippen MR) is 78.0 cm³/mol. The summed E-state index contributed by atoms with van der Waals surface area (Å²) in [6, 6.07) is 0.0394. The molecule has 0 aromatic heterocycles. The van der Waals surface area contributed by atoms with Crippen LogP contribution < -0.4 is 11.1 Å². The Morgan fingerprint density at radius 2 is 1.80 bits per heavy atom. The molecule has 4 unspecified atom stereocenters. The standard InChI is InChI=1S/C16H28N2O2/c17-14-12-6-5-11(9-12)13(14)15(19)18-10-16(20)7-3-1-2-4-8-16/h11-14,20H,1-10,17H2,(H,18,19). The fourth-order valence-corrected chi connectivity index (χ4v) is 4.66. The number of carbonyl (C=O) groups is 1. The van der Waals surface area contributed by atoms with E-state index in [4.69, 9.17) is 5.73 Å². The van der Waals surface area contributed by atoms with Crippen molar-refractivity contribution < 1.29 is 9.90 Å². The van der Waals surface area contributed by atoms with Gasteiger partial charge in [-0.1, -0.05) is 25.7 Å². The summed E-state index contributed by atoms with van der Waals surface area (Å²) in [4.78, 5) is 12.4. The van der Waals surface area contributed by atoms with Gasteiger partial charge in [-0.3, -0.25) is 4.79 Å². The molecule has 0 spiro atoms. The number of aliphatic hydroxyl groups is 1. The lowest BCUT2D eigenvalue weighted by molar-refractivity contribution is -0.128. The number of hydrogen-bond acceptors (Lipinski definition) is 3. The summed E-state index contributed by atoms with van der Waals surface area (Å²) >= 11 is 0.